The molecule has 2 aromatic rings. The Kier molecular flexibility index (Phi) is 4.85. The molecule has 0 saturated carbocycles. The molecule has 21 heavy (non-hydrogen) atoms. The highest BCUT2D eigenvalue weighted by Gasteiger charge is 2.11. The molecule has 2 N–H and O–H groups in total. The molecule has 0 bridgehead atoms. The molecule has 112 valence electrons. The number of anilines is 1. The van der Waals surface area contributed by atoms with Crippen molar-refractivity contribution in [3.05, 3.63) is 52.5 Å². The summed E-state index contributed by atoms with van der Waals surface area (Å²) in [5.74, 6) is 0.289. The Morgan fingerprint density at radius 3 is 2.29 bits per heavy atom. The van der Waals surface area contributed by atoms with Crippen LogP contribution >= 0.6 is 15.9 Å². The van der Waals surface area contributed by atoms with E-state index in [4.69, 9.17) is 5.73 Å². The molecule has 0 radical (unpaired) electrons. The van der Waals surface area contributed by atoms with E-state index in [1.165, 1.54) is 12.1 Å². The molecule has 0 aliphatic carbocycles. The summed E-state index contributed by atoms with van der Waals surface area (Å²) in [5, 5.41) is 0. The highest BCUT2D eigenvalue weighted by Crippen LogP contribution is 2.22. The first-order chi connectivity index (χ1) is 9.77. The van der Waals surface area contributed by atoms with Crippen molar-refractivity contribution in [3.63, 3.8) is 0 Å². The second-order valence-electron chi connectivity index (χ2n) is 4.58. The van der Waals surface area contributed by atoms with Crippen LogP contribution in [0.1, 0.15) is 5.56 Å². The first kappa shape index (κ1) is 16.2. The maximum Gasteiger partial charge on any atom is 0.175 e. The van der Waals surface area contributed by atoms with Crippen molar-refractivity contribution in [2.24, 2.45) is 0 Å². The highest BCUT2D eigenvalue weighted by atomic mass is 79.9. The minimum atomic E-state index is -3.24. The lowest BCUT2D eigenvalue weighted by Gasteiger charge is -2.07. The third-order valence-corrected chi connectivity index (χ3v) is 5.90. The van der Waals surface area contributed by atoms with Gasteiger partial charge in [0.2, 0.25) is 0 Å². The molecule has 0 spiro atoms. The van der Waals surface area contributed by atoms with Crippen LogP contribution < -0.4 is 5.73 Å². The highest BCUT2D eigenvalue weighted by molar-refractivity contribution is 9.10. The fourth-order valence-electron chi connectivity index (χ4n) is 1.76. The van der Waals surface area contributed by atoms with Crippen LogP contribution in [-0.4, -0.2) is 18.9 Å². The number of hydrogen-bond donors (Lipinski definition) is 1. The minimum Gasteiger partial charge on any atom is -0.398 e. The summed E-state index contributed by atoms with van der Waals surface area (Å²) in [6.45, 7) is 0. The third kappa shape index (κ3) is 4.15. The smallest absolute Gasteiger partial charge is 0.175 e. The van der Waals surface area contributed by atoms with Gasteiger partial charge in [0.15, 0.2) is 9.84 Å². The van der Waals surface area contributed by atoms with Crippen LogP contribution in [0, 0.1) is 0 Å². The number of sulfone groups is 1. The molecular weight excluding hydrogens is 374 g/mol. The molecule has 2 rings (SSSR count). The standard InChI is InChI=1S/C14H14BrNO3S2/c1-21(18,19)13-6-4-12(5-7-13)20(17)9-10-2-3-11(15)8-14(10)16/h2-8H,9,16H2,1H3. The van der Waals surface area contributed by atoms with Crippen molar-refractivity contribution in [1.29, 1.82) is 0 Å². The van der Waals surface area contributed by atoms with Gasteiger partial charge in [-0.15, -0.1) is 0 Å². The summed E-state index contributed by atoms with van der Waals surface area (Å²) in [4.78, 5) is 0.788. The molecule has 2 aromatic carbocycles. The molecule has 4 nitrogen and oxygen atoms in total. The molecule has 0 saturated heterocycles. The topological polar surface area (TPSA) is 77.2 Å². The predicted octanol–water partition coefficient (Wildman–Crippen LogP) is 2.74. The van der Waals surface area contributed by atoms with Gasteiger partial charge in [-0.05, 0) is 42.0 Å². The van der Waals surface area contributed by atoms with Crippen molar-refractivity contribution >= 4 is 42.3 Å². The van der Waals surface area contributed by atoms with E-state index >= 15 is 0 Å². The Morgan fingerprint density at radius 2 is 1.76 bits per heavy atom. The molecule has 0 fully saturated rings. The lowest BCUT2D eigenvalue weighted by molar-refractivity contribution is 0.601. The van der Waals surface area contributed by atoms with Gasteiger partial charge in [-0.25, -0.2) is 8.42 Å². The van der Waals surface area contributed by atoms with Crippen molar-refractivity contribution in [2.75, 3.05) is 12.0 Å². The van der Waals surface area contributed by atoms with Gasteiger partial charge in [-0.1, -0.05) is 22.0 Å². The molecule has 0 aliphatic rings. The first-order valence-electron chi connectivity index (χ1n) is 6.00. The Labute approximate surface area is 134 Å². The van der Waals surface area contributed by atoms with Gasteiger partial charge in [0.1, 0.15) is 0 Å². The molecule has 0 aliphatic heterocycles. The van der Waals surface area contributed by atoms with E-state index in [-0.39, 0.29) is 10.6 Å². The van der Waals surface area contributed by atoms with E-state index in [2.05, 4.69) is 15.9 Å². The Morgan fingerprint density at radius 1 is 1.14 bits per heavy atom. The second-order valence-corrected chi connectivity index (χ2v) is 8.96. The normalized spacial score (nSPS) is 13.0. The van der Waals surface area contributed by atoms with Gasteiger partial charge >= 0.3 is 0 Å². The van der Waals surface area contributed by atoms with Crippen molar-refractivity contribution in [2.45, 2.75) is 15.5 Å². The van der Waals surface area contributed by atoms with Gasteiger partial charge in [0.05, 0.1) is 21.4 Å². The summed E-state index contributed by atoms with van der Waals surface area (Å²) in [5.41, 5.74) is 7.25. The van der Waals surface area contributed by atoms with E-state index in [1.807, 2.05) is 12.1 Å². The van der Waals surface area contributed by atoms with E-state index < -0.39 is 20.6 Å². The van der Waals surface area contributed by atoms with Crippen molar-refractivity contribution < 1.29 is 12.6 Å². The number of hydrogen-bond acceptors (Lipinski definition) is 4. The monoisotopic (exact) mass is 387 g/mol. The number of nitrogen functional groups attached to an aromatic ring is 1. The van der Waals surface area contributed by atoms with Crippen LogP contribution in [0.4, 0.5) is 5.69 Å². The van der Waals surface area contributed by atoms with Gasteiger partial charge in [0.25, 0.3) is 0 Å². The fourth-order valence-corrected chi connectivity index (χ4v) is 3.92. The van der Waals surface area contributed by atoms with Gasteiger partial charge in [-0.2, -0.15) is 0 Å². The summed E-state index contributed by atoms with van der Waals surface area (Å²) >= 11 is 3.32. The summed E-state index contributed by atoms with van der Waals surface area (Å²) in [7, 11) is -4.52. The maximum absolute atomic E-state index is 12.3. The number of benzene rings is 2. The minimum absolute atomic E-state index is 0.214. The number of rotatable bonds is 4. The molecule has 0 heterocycles. The molecule has 7 heteroatoms. The Hall–Kier alpha value is -1.18. The Balaban J connectivity index is 2.21. The zero-order chi connectivity index (χ0) is 15.6. The maximum atomic E-state index is 12.3. The predicted molar refractivity (Wildman–Crippen MR) is 88.2 cm³/mol. The van der Waals surface area contributed by atoms with E-state index in [9.17, 15) is 12.6 Å². The van der Waals surface area contributed by atoms with Gasteiger partial charge < -0.3 is 5.73 Å². The van der Waals surface area contributed by atoms with Crippen LogP contribution in [-0.2, 0) is 26.4 Å². The van der Waals surface area contributed by atoms with Gasteiger partial charge in [0, 0.05) is 21.3 Å². The molecule has 0 amide bonds. The third-order valence-electron chi connectivity index (χ3n) is 2.91. The molecule has 0 aromatic heterocycles. The van der Waals surface area contributed by atoms with E-state index in [0.29, 0.717) is 10.6 Å². The second kappa shape index (κ2) is 6.29. The molecule has 1 unspecified atom stereocenters. The largest absolute Gasteiger partial charge is 0.398 e. The fraction of sp³-hybridized carbons (Fsp3) is 0.143. The van der Waals surface area contributed by atoms with Gasteiger partial charge in [-0.3, -0.25) is 4.21 Å². The van der Waals surface area contributed by atoms with Crippen LogP contribution in [0.15, 0.2) is 56.7 Å². The zero-order valence-electron chi connectivity index (χ0n) is 11.2. The molecule has 1 atom stereocenters. The molecular formula is C14H14BrNO3S2. The van der Waals surface area contributed by atoms with E-state index in [1.54, 1.807) is 18.2 Å². The Bertz CT molecular complexity index is 786. The zero-order valence-corrected chi connectivity index (χ0v) is 14.5. The van der Waals surface area contributed by atoms with Crippen molar-refractivity contribution in [3.8, 4) is 0 Å². The van der Waals surface area contributed by atoms with Crippen LogP contribution in [0.25, 0.3) is 0 Å². The lowest BCUT2D eigenvalue weighted by Crippen LogP contribution is -2.02. The van der Waals surface area contributed by atoms with Crippen LogP contribution in [0.5, 0.6) is 0 Å². The van der Waals surface area contributed by atoms with Crippen molar-refractivity contribution in [1.82, 2.24) is 0 Å². The quantitative estimate of drug-likeness (QED) is 0.818. The first-order valence-corrected chi connectivity index (χ1v) is 10.00. The summed E-state index contributed by atoms with van der Waals surface area (Å²) in [6.07, 6.45) is 1.14. The average molecular weight is 388 g/mol. The number of halogens is 1. The lowest BCUT2D eigenvalue weighted by atomic mass is 10.2. The van der Waals surface area contributed by atoms with E-state index in [0.717, 1.165) is 16.3 Å². The number of nitrogens with two attached hydrogens (primary N) is 1. The van der Waals surface area contributed by atoms with Crippen LogP contribution in [0.3, 0.4) is 0 Å². The van der Waals surface area contributed by atoms with Crippen LogP contribution in [0.2, 0.25) is 0 Å². The SMILES string of the molecule is CS(=O)(=O)c1ccc(S(=O)Cc2ccc(Br)cc2N)cc1. The summed E-state index contributed by atoms with van der Waals surface area (Å²) < 4.78 is 35.9. The summed E-state index contributed by atoms with van der Waals surface area (Å²) in [6, 6.07) is 11.5. The average Bonchev–Trinajstić information content (AvgIpc) is 2.41.